The van der Waals surface area contributed by atoms with E-state index in [1.807, 2.05) is 19.1 Å². The van der Waals surface area contributed by atoms with E-state index in [-0.39, 0.29) is 5.82 Å². The molecule has 0 heterocycles. The van der Waals surface area contributed by atoms with Crippen LogP contribution in [0.5, 0.6) is 0 Å². The van der Waals surface area contributed by atoms with Gasteiger partial charge in [-0.1, -0.05) is 38.1 Å². The zero-order valence-electron chi connectivity index (χ0n) is 11.5. The second kappa shape index (κ2) is 5.31. The van der Waals surface area contributed by atoms with Gasteiger partial charge >= 0.3 is 0 Å². The number of benzene rings is 2. The van der Waals surface area contributed by atoms with Crippen molar-refractivity contribution in [2.24, 2.45) is 0 Å². The molecule has 19 heavy (non-hydrogen) atoms. The fourth-order valence-electron chi connectivity index (χ4n) is 2.14. The molecule has 0 saturated carbocycles. The van der Waals surface area contributed by atoms with Crippen LogP contribution in [0, 0.1) is 12.7 Å². The van der Waals surface area contributed by atoms with Crippen molar-refractivity contribution < 1.29 is 4.39 Å². The first-order valence-corrected chi connectivity index (χ1v) is 6.41. The first-order chi connectivity index (χ1) is 9.00. The maximum Gasteiger partial charge on any atom is 0.148 e. The smallest absolute Gasteiger partial charge is 0.148 e. The van der Waals surface area contributed by atoms with Crippen LogP contribution in [0.4, 0.5) is 21.5 Å². The highest BCUT2D eigenvalue weighted by atomic mass is 19.1. The average Bonchev–Trinajstić information content (AvgIpc) is 2.35. The highest BCUT2D eigenvalue weighted by molar-refractivity contribution is 5.76. The molecule has 0 spiro atoms. The van der Waals surface area contributed by atoms with Gasteiger partial charge in [-0.05, 0) is 36.1 Å². The van der Waals surface area contributed by atoms with E-state index in [4.69, 9.17) is 5.73 Å². The van der Waals surface area contributed by atoms with Crippen LogP contribution in [0.15, 0.2) is 36.4 Å². The maximum atomic E-state index is 13.9. The van der Waals surface area contributed by atoms with Gasteiger partial charge in [0.15, 0.2) is 0 Å². The van der Waals surface area contributed by atoms with Crippen molar-refractivity contribution in [3.8, 4) is 0 Å². The van der Waals surface area contributed by atoms with Gasteiger partial charge in [0.2, 0.25) is 0 Å². The molecule has 0 fully saturated rings. The lowest BCUT2D eigenvalue weighted by Gasteiger charge is -2.18. The molecular weight excluding hydrogens is 239 g/mol. The first kappa shape index (κ1) is 13.4. The number of halogens is 1. The molecule has 3 heteroatoms. The number of hydrogen-bond acceptors (Lipinski definition) is 2. The Kier molecular flexibility index (Phi) is 3.74. The number of para-hydroxylation sites is 2. The molecule has 0 aliphatic rings. The fourth-order valence-corrected chi connectivity index (χ4v) is 2.14. The summed E-state index contributed by atoms with van der Waals surface area (Å²) in [7, 11) is 0. The number of anilines is 3. The number of rotatable bonds is 3. The van der Waals surface area contributed by atoms with E-state index in [2.05, 4.69) is 25.2 Å². The van der Waals surface area contributed by atoms with Gasteiger partial charge in [-0.3, -0.25) is 0 Å². The monoisotopic (exact) mass is 258 g/mol. The van der Waals surface area contributed by atoms with Crippen LogP contribution < -0.4 is 11.1 Å². The van der Waals surface area contributed by atoms with Gasteiger partial charge in [0, 0.05) is 5.69 Å². The minimum atomic E-state index is -0.335. The van der Waals surface area contributed by atoms with Crippen LogP contribution in [0.2, 0.25) is 0 Å². The van der Waals surface area contributed by atoms with E-state index >= 15 is 0 Å². The van der Waals surface area contributed by atoms with Gasteiger partial charge in [-0.15, -0.1) is 0 Å². The second-order valence-corrected chi connectivity index (χ2v) is 5.02. The van der Waals surface area contributed by atoms with Crippen molar-refractivity contribution in [1.82, 2.24) is 0 Å². The Morgan fingerprint density at radius 2 is 1.74 bits per heavy atom. The van der Waals surface area contributed by atoms with Crippen molar-refractivity contribution >= 4 is 17.1 Å². The fraction of sp³-hybridized carbons (Fsp3) is 0.250. The summed E-state index contributed by atoms with van der Waals surface area (Å²) in [5.74, 6) is 0.0216. The summed E-state index contributed by atoms with van der Waals surface area (Å²) in [6, 6.07) is 10.8. The summed E-state index contributed by atoms with van der Waals surface area (Å²) in [6.07, 6.45) is 0. The van der Waals surface area contributed by atoms with Gasteiger partial charge in [0.05, 0.1) is 11.4 Å². The predicted molar refractivity (Wildman–Crippen MR) is 79.4 cm³/mol. The second-order valence-electron chi connectivity index (χ2n) is 5.02. The third kappa shape index (κ3) is 2.70. The third-order valence-corrected chi connectivity index (χ3v) is 3.22. The molecule has 0 radical (unpaired) electrons. The highest BCUT2D eigenvalue weighted by Crippen LogP contribution is 2.33. The first-order valence-electron chi connectivity index (χ1n) is 6.41. The van der Waals surface area contributed by atoms with Crippen LogP contribution >= 0.6 is 0 Å². The molecule has 0 unspecified atom stereocenters. The van der Waals surface area contributed by atoms with Crippen LogP contribution in [-0.2, 0) is 0 Å². The van der Waals surface area contributed by atoms with Crippen molar-refractivity contribution in [2.45, 2.75) is 26.7 Å². The van der Waals surface area contributed by atoms with E-state index in [0.717, 1.165) is 16.8 Å². The lowest BCUT2D eigenvalue weighted by molar-refractivity contribution is 0.632. The molecule has 2 aromatic rings. The molecule has 100 valence electrons. The molecule has 0 saturated heterocycles. The number of nitrogens with one attached hydrogen (secondary N) is 1. The molecule has 3 N–H and O–H groups in total. The normalized spacial score (nSPS) is 10.8. The van der Waals surface area contributed by atoms with Gasteiger partial charge in [-0.2, -0.15) is 0 Å². The Morgan fingerprint density at radius 3 is 2.37 bits per heavy atom. The topological polar surface area (TPSA) is 38.0 Å². The Balaban J connectivity index is 2.49. The lowest BCUT2D eigenvalue weighted by atomic mass is 9.98. The van der Waals surface area contributed by atoms with Gasteiger partial charge in [0.25, 0.3) is 0 Å². The largest absolute Gasteiger partial charge is 0.397 e. The number of hydrogen-bond donors (Lipinski definition) is 2. The van der Waals surface area contributed by atoms with Gasteiger partial charge in [-0.25, -0.2) is 4.39 Å². The Labute approximate surface area is 113 Å². The molecule has 2 nitrogen and oxygen atoms in total. The van der Waals surface area contributed by atoms with Crippen LogP contribution in [0.3, 0.4) is 0 Å². The summed E-state index contributed by atoms with van der Waals surface area (Å²) < 4.78 is 13.9. The number of aryl methyl sites for hydroxylation is 1. The van der Waals surface area contributed by atoms with Gasteiger partial charge < -0.3 is 11.1 Å². The summed E-state index contributed by atoms with van der Waals surface area (Å²) in [6.45, 7) is 6.24. The molecule has 2 rings (SSSR count). The Morgan fingerprint density at radius 1 is 1.05 bits per heavy atom. The van der Waals surface area contributed by atoms with Crippen LogP contribution in [0.1, 0.15) is 30.9 Å². The summed E-state index contributed by atoms with van der Waals surface area (Å²) in [5.41, 5.74) is 9.78. The number of nitrogens with two attached hydrogens (primary N) is 1. The van der Waals surface area contributed by atoms with Crippen LogP contribution in [0.25, 0.3) is 0 Å². The standard InChI is InChI=1S/C16H19FN2/c1-10(2)12-7-4-6-11(3)15(12)19-16-13(17)8-5-9-14(16)18/h4-10,19H,18H2,1-3H3. The average molecular weight is 258 g/mol. The summed E-state index contributed by atoms with van der Waals surface area (Å²) in [5, 5.41) is 3.16. The van der Waals surface area contributed by atoms with E-state index in [1.54, 1.807) is 12.1 Å². The lowest BCUT2D eigenvalue weighted by Crippen LogP contribution is -2.04. The molecule has 0 bridgehead atoms. The van der Waals surface area contributed by atoms with E-state index in [0.29, 0.717) is 17.3 Å². The Hall–Kier alpha value is -2.03. The molecule has 2 aromatic carbocycles. The minimum Gasteiger partial charge on any atom is -0.397 e. The maximum absolute atomic E-state index is 13.9. The molecule has 0 amide bonds. The molecular formula is C16H19FN2. The van der Waals surface area contributed by atoms with E-state index in [1.165, 1.54) is 6.07 Å². The highest BCUT2D eigenvalue weighted by Gasteiger charge is 2.12. The van der Waals surface area contributed by atoms with Crippen LogP contribution in [-0.4, -0.2) is 0 Å². The van der Waals surface area contributed by atoms with Crippen molar-refractivity contribution in [3.63, 3.8) is 0 Å². The molecule has 0 aliphatic heterocycles. The molecule has 0 aromatic heterocycles. The van der Waals surface area contributed by atoms with E-state index < -0.39 is 0 Å². The van der Waals surface area contributed by atoms with Crippen molar-refractivity contribution in [1.29, 1.82) is 0 Å². The van der Waals surface area contributed by atoms with Gasteiger partial charge in [0.1, 0.15) is 5.82 Å². The molecule has 0 aliphatic carbocycles. The van der Waals surface area contributed by atoms with Crippen molar-refractivity contribution in [3.05, 3.63) is 53.3 Å². The van der Waals surface area contributed by atoms with Crippen molar-refractivity contribution in [2.75, 3.05) is 11.1 Å². The predicted octanol–water partition coefficient (Wildman–Crippen LogP) is 4.58. The zero-order chi connectivity index (χ0) is 14.0. The molecule has 0 atom stereocenters. The zero-order valence-corrected chi connectivity index (χ0v) is 11.5. The third-order valence-electron chi connectivity index (χ3n) is 3.22. The van der Waals surface area contributed by atoms with E-state index in [9.17, 15) is 4.39 Å². The SMILES string of the molecule is Cc1cccc(C(C)C)c1Nc1c(N)cccc1F. The summed E-state index contributed by atoms with van der Waals surface area (Å²) in [4.78, 5) is 0. The minimum absolute atomic E-state index is 0.335. The number of nitrogen functional groups attached to an aromatic ring is 1. The quantitative estimate of drug-likeness (QED) is 0.791. The summed E-state index contributed by atoms with van der Waals surface area (Å²) >= 11 is 0. The Bertz CT molecular complexity index is 571.